The van der Waals surface area contributed by atoms with Gasteiger partial charge in [-0.15, -0.1) is 0 Å². The molecule has 4 heterocycles. The van der Waals surface area contributed by atoms with E-state index in [9.17, 15) is 27.9 Å². The highest BCUT2D eigenvalue weighted by molar-refractivity contribution is 5.96. The van der Waals surface area contributed by atoms with Gasteiger partial charge < -0.3 is 10.0 Å². The molecule has 0 bridgehead atoms. The third kappa shape index (κ3) is 5.01. The monoisotopic (exact) mass is 538 g/mol. The van der Waals surface area contributed by atoms with Crippen LogP contribution in [-0.4, -0.2) is 53.3 Å². The SMILES string of the molecule is CCC(c1cc(F)cc(F)c1)n1c(-c2ccn(C)n2)nc(=O)c(C(=O)N2CCC(c3ccc(F)cn3)C2)c1O. The van der Waals surface area contributed by atoms with Crippen LogP contribution >= 0.6 is 0 Å². The Labute approximate surface area is 221 Å². The molecule has 5 rings (SSSR count). The van der Waals surface area contributed by atoms with Crippen LogP contribution in [0.5, 0.6) is 5.88 Å². The summed E-state index contributed by atoms with van der Waals surface area (Å²) in [6.45, 7) is 2.20. The van der Waals surface area contributed by atoms with Crippen molar-refractivity contribution < 1.29 is 23.1 Å². The van der Waals surface area contributed by atoms with Crippen molar-refractivity contribution in [3.63, 3.8) is 0 Å². The molecule has 12 heteroatoms. The van der Waals surface area contributed by atoms with Crippen LogP contribution in [-0.2, 0) is 7.05 Å². The number of aromatic hydroxyl groups is 1. The van der Waals surface area contributed by atoms with Gasteiger partial charge in [0.05, 0.1) is 12.2 Å². The topological polar surface area (TPSA) is 106 Å². The first-order valence-electron chi connectivity index (χ1n) is 12.4. The van der Waals surface area contributed by atoms with E-state index in [-0.39, 0.29) is 42.5 Å². The second kappa shape index (κ2) is 10.4. The zero-order valence-electron chi connectivity index (χ0n) is 21.2. The lowest BCUT2D eigenvalue weighted by Crippen LogP contribution is -2.35. The van der Waals surface area contributed by atoms with E-state index in [1.54, 1.807) is 32.3 Å². The van der Waals surface area contributed by atoms with Gasteiger partial charge in [0, 0.05) is 44.0 Å². The minimum Gasteiger partial charge on any atom is -0.494 e. The molecule has 0 radical (unpaired) electrons. The van der Waals surface area contributed by atoms with Gasteiger partial charge in [0.25, 0.3) is 11.5 Å². The third-order valence-corrected chi connectivity index (χ3v) is 6.87. The van der Waals surface area contributed by atoms with Crippen molar-refractivity contribution >= 4 is 5.91 Å². The lowest BCUT2D eigenvalue weighted by atomic mass is 10.0. The molecular formula is C27H25F3N6O3. The summed E-state index contributed by atoms with van der Waals surface area (Å²) in [6.07, 6.45) is 3.47. The quantitative estimate of drug-likeness (QED) is 0.401. The van der Waals surface area contributed by atoms with Crippen LogP contribution in [0.2, 0.25) is 0 Å². The number of halogens is 3. The predicted molar refractivity (Wildman–Crippen MR) is 135 cm³/mol. The zero-order valence-corrected chi connectivity index (χ0v) is 21.2. The first-order chi connectivity index (χ1) is 18.7. The maximum atomic E-state index is 14.2. The number of amides is 1. The lowest BCUT2D eigenvalue weighted by Gasteiger charge is -2.25. The molecule has 2 unspecified atom stereocenters. The summed E-state index contributed by atoms with van der Waals surface area (Å²) < 4.78 is 44.3. The normalized spacial score (nSPS) is 16.0. The van der Waals surface area contributed by atoms with Crippen molar-refractivity contribution in [2.24, 2.45) is 7.05 Å². The number of carbonyl (C=O) groups excluding carboxylic acids is 1. The summed E-state index contributed by atoms with van der Waals surface area (Å²) in [5.41, 5.74) is -0.510. The van der Waals surface area contributed by atoms with Gasteiger partial charge in [-0.2, -0.15) is 10.1 Å². The summed E-state index contributed by atoms with van der Waals surface area (Å²) in [7, 11) is 1.66. The van der Waals surface area contributed by atoms with Gasteiger partial charge >= 0.3 is 0 Å². The van der Waals surface area contributed by atoms with Crippen molar-refractivity contribution in [1.29, 1.82) is 0 Å². The van der Waals surface area contributed by atoms with E-state index in [1.165, 1.54) is 20.2 Å². The highest BCUT2D eigenvalue weighted by Gasteiger charge is 2.34. The second-order valence-electron chi connectivity index (χ2n) is 9.45. The fourth-order valence-corrected chi connectivity index (χ4v) is 5.03. The van der Waals surface area contributed by atoms with Gasteiger partial charge in [0.1, 0.15) is 23.1 Å². The molecule has 1 aromatic carbocycles. The smallest absolute Gasteiger partial charge is 0.290 e. The average Bonchev–Trinajstić information content (AvgIpc) is 3.55. The first-order valence-corrected chi connectivity index (χ1v) is 12.4. The number of rotatable bonds is 6. The van der Waals surface area contributed by atoms with Crippen LogP contribution < -0.4 is 5.56 Å². The van der Waals surface area contributed by atoms with E-state index in [0.29, 0.717) is 12.1 Å². The fourth-order valence-electron chi connectivity index (χ4n) is 5.03. The maximum absolute atomic E-state index is 14.2. The molecule has 3 aromatic heterocycles. The summed E-state index contributed by atoms with van der Waals surface area (Å²) in [5.74, 6) is -3.76. The molecule has 0 aliphatic carbocycles. The molecule has 1 fully saturated rings. The van der Waals surface area contributed by atoms with E-state index in [1.807, 2.05) is 0 Å². The molecule has 1 aliphatic heterocycles. The molecule has 1 saturated heterocycles. The summed E-state index contributed by atoms with van der Waals surface area (Å²) in [4.78, 5) is 36.4. The number of pyridine rings is 1. The number of hydrogen-bond acceptors (Lipinski definition) is 6. The first kappa shape index (κ1) is 26.1. The van der Waals surface area contributed by atoms with E-state index in [4.69, 9.17) is 0 Å². The molecule has 9 nitrogen and oxygen atoms in total. The Morgan fingerprint density at radius 2 is 1.87 bits per heavy atom. The van der Waals surface area contributed by atoms with Gasteiger partial charge in [-0.3, -0.25) is 23.8 Å². The number of likely N-dealkylation sites (tertiary alicyclic amines) is 1. The number of aryl methyl sites for hydroxylation is 1. The Kier molecular flexibility index (Phi) is 6.94. The Hall–Kier alpha value is -4.48. The molecule has 202 valence electrons. The molecule has 1 amide bonds. The van der Waals surface area contributed by atoms with Crippen molar-refractivity contribution in [2.75, 3.05) is 13.1 Å². The summed E-state index contributed by atoms with van der Waals surface area (Å²) >= 11 is 0. The largest absolute Gasteiger partial charge is 0.494 e. The molecule has 2 atom stereocenters. The Morgan fingerprint density at radius 1 is 1.13 bits per heavy atom. The van der Waals surface area contributed by atoms with E-state index >= 15 is 0 Å². The van der Waals surface area contributed by atoms with Crippen LogP contribution in [0.25, 0.3) is 11.5 Å². The molecular weight excluding hydrogens is 513 g/mol. The second-order valence-corrected chi connectivity index (χ2v) is 9.45. The lowest BCUT2D eigenvalue weighted by molar-refractivity contribution is 0.0783. The van der Waals surface area contributed by atoms with Crippen molar-refractivity contribution in [1.82, 2.24) is 29.2 Å². The standard InChI is InChI=1S/C27H25F3N6O3/c1-3-22(16-10-18(29)12-19(30)11-16)36-24(21-7-8-34(2)33-21)32-25(37)23(27(36)39)26(38)35-9-6-15(14-35)20-5-4-17(28)13-31-20/h4-5,7-8,10-13,15,22,39H,3,6,9,14H2,1-2H3. The maximum Gasteiger partial charge on any atom is 0.290 e. The highest BCUT2D eigenvalue weighted by Crippen LogP contribution is 2.34. The van der Waals surface area contributed by atoms with Crippen LogP contribution in [0.3, 0.4) is 0 Å². The zero-order chi connectivity index (χ0) is 27.8. The number of carbonyl (C=O) groups is 1. The van der Waals surface area contributed by atoms with Gasteiger partial charge in [-0.25, -0.2) is 13.2 Å². The van der Waals surface area contributed by atoms with Gasteiger partial charge in [-0.1, -0.05) is 6.92 Å². The van der Waals surface area contributed by atoms with Crippen LogP contribution in [0.1, 0.15) is 53.3 Å². The van der Waals surface area contributed by atoms with Gasteiger partial charge in [0.15, 0.2) is 11.4 Å². The Balaban J connectivity index is 1.60. The predicted octanol–water partition coefficient (Wildman–Crippen LogP) is 3.79. The minimum absolute atomic E-state index is 0.0546. The van der Waals surface area contributed by atoms with Crippen molar-refractivity contribution in [3.8, 4) is 17.4 Å². The Bertz CT molecular complexity index is 1580. The van der Waals surface area contributed by atoms with Crippen LogP contribution in [0.15, 0.2) is 53.6 Å². The average molecular weight is 539 g/mol. The van der Waals surface area contributed by atoms with Crippen molar-refractivity contribution in [3.05, 3.63) is 93.4 Å². The van der Waals surface area contributed by atoms with Gasteiger partial charge in [0.2, 0.25) is 5.88 Å². The number of benzene rings is 1. The number of hydrogen-bond donors (Lipinski definition) is 1. The summed E-state index contributed by atoms with van der Waals surface area (Å²) in [6, 6.07) is 6.50. The molecule has 4 aromatic rings. The fraction of sp³-hybridized carbons (Fsp3) is 0.296. The molecule has 1 N–H and O–H groups in total. The van der Waals surface area contributed by atoms with Gasteiger partial charge in [-0.05, 0) is 48.7 Å². The number of nitrogens with zero attached hydrogens (tertiary/aromatic N) is 6. The minimum atomic E-state index is -0.960. The van der Waals surface area contributed by atoms with E-state index < -0.39 is 46.4 Å². The Morgan fingerprint density at radius 3 is 2.49 bits per heavy atom. The van der Waals surface area contributed by atoms with Crippen molar-refractivity contribution in [2.45, 2.75) is 31.7 Å². The number of aromatic nitrogens is 5. The molecule has 39 heavy (non-hydrogen) atoms. The summed E-state index contributed by atoms with van der Waals surface area (Å²) in [5, 5.41) is 15.7. The van der Waals surface area contributed by atoms with Crippen LogP contribution in [0, 0.1) is 17.5 Å². The highest BCUT2D eigenvalue weighted by atomic mass is 19.1. The van der Waals surface area contributed by atoms with Crippen LogP contribution in [0.4, 0.5) is 13.2 Å². The third-order valence-electron chi connectivity index (χ3n) is 6.87. The molecule has 0 spiro atoms. The van der Waals surface area contributed by atoms with E-state index in [0.717, 1.165) is 24.4 Å². The molecule has 0 saturated carbocycles. The molecule has 1 aliphatic rings. The van der Waals surface area contributed by atoms with E-state index in [2.05, 4.69) is 15.1 Å².